The van der Waals surface area contributed by atoms with E-state index < -0.39 is 5.97 Å². The quantitative estimate of drug-likeness (QED) is 0.796. The predicted molar refractivity (Wildman–Crippen MR) is 84.1 cm³/mol. The van der Waals surface area contributed by atoms with E-state index >= 15 is 0 Å². The average molecular weight is 294 g/mol. The topological polar surface area (TPSA) is 53.0 Å². The fraction of sp³-hybridized carbons (Fsp3) is 0.562. The summed E-state index contributed by atoms with van der Waals surface area (Å²) in [5, 5.41) is 9.11. The molecule has 1 unspecified atom stereocenters. The number of carboxylic acid groups (broad SMARTS) is 1. The third-order valence-corrected chi connectivity index (χ3v) is 3.54. The molecule has 1 aromatic rings. The first-order valence-corrected chi connectivity index (χ1v) is 7.18. The highest BCUT2D eigenvalue weighted by atomic mass is 16.5. The van der Waals surface area contributed by atoms with Gasteiger partial charge in [-0.25, -0.2) is 4.79 Å². The van der Waals surface area contributed by atoms with E-state index in [1.807, 2.05) is 12.1 Å². The lowest BCUT2D eigenvalue weighted by molar-refractivity contribution is 0.0693. The molecule has 0 spiro atoms. The maximum atomic E-state index is 11.1. The van der Waals surface area contributed by atoms with E-state index in [1.165, 1.54) is 7.11 Å². The minimum atomic E-state index is -0.966. The summed E-state index contributed by atoms with van der Waals surface area (Å²) >= 11 is 0. The van der Waals surface area contributed by atoms with Gasteiger partial charge in [-0.2, -0.15) is 0 Å². The SMILES string of the molecule is CCN(Cc1ccc(C(=O)O)c(OC)c1)C(C)CN(C)C. The number of likely N-dealkylation sites (N-methyl/N-ethyl adjacent to an activating group) is 2. The lowest BCUT2D eigenvalue weighted by atomic mass is 10.1. The first-order valence-electron chi connectivity index (χ1n) is 7.18. The van der Waals surface area contributed by atoms with E-state index in [4.69, 9.17) is 9.84 Å². The number of hydrogen-bond donors (Lipinski definition) is 1. The van der Waals surface area contributed by atoms with Crippen LogP contribution in [0.4, 0.5) is 0 Å². The second-order valence-corrected chi connectivity index (χ2v) is 5.51. The molecule has 1 rings (SSSR count). The molecule has 1 aromatic carbocycles. The van der Waals surface area contributed by atoms with E-state index in [0.29, 0.717) is 11.8 Å². The van der Waals surface area contributed by atoms with Crippen LogP contribution in [0, 0.1) is 0 Å². The van der Waals surface area contributed by atoms with Crippen molar-refractivity contribution in [2.75, 3.05) is 34.3 Å². The zero-order valence-electron chi connectivity index (χ0n) is 13.6. The van der Waals surface area contributed by atoms with Crippen LogP contribution < -0.4 is 4.74 Å². The number of rotatable bonds is 8. The largest absolute Gasteiger partial charge is 0.496 e. The fourth-order valence-electron chi connectivity index (χ4n) is 2.47. The van der Waals surface area contributed by atoms with Crippen LogP contribution >= 0.6 is 0 Å². The van der Waals surface area contributed by atoms with Gasteiger partial charge in [0.1, 0.15) is 11.3 Å². The maximum Gasteiger partial charge on any atom is 0.339 e. The first-order chi connectivity index (χ1) is 9.88. The van der Waals surface area contributed by atoms with E-state index in [1.54, 1.807) is 6.07 Å². The Morgan fingerprint density at radius 2 is 2.05 bits per heavy atom. The van der Waals surface area contributed by atoms with E-state index in [2.05, 4.69) is 37.7 Å². The molecule has 0 bridgehead atoms. The molecule has 1 N–H and O–H groups in total. The molecule has 21 heavy (non-hydrogen) atoms. The van der Waals surface area contributed by atoms with Crippen molar-refractivity contribution in [3.05, 3.63) is 29.3 Å². The number of ether oxygens (including phenoxy) is 1. The second-order valence-electron chi connectivity index (χ2n) is 5.51. The summed E-state index contributed by atoms with van der Waals surface area (Å²) in [6.07, 6.45) is 0. The Labute approximate surface area is 127 Å². The van der Waals surface area contributed by atoms with Gasteiger partial charge in [0.25, 0.3) is 0 Å². The van der Waals surface area contributed by atoms with Crippen molar-refractivity contribution in [2.24, 2.45) is 0 Å². The Kier molecular flexibility index (Phi) is 6.65. The van der Waals surface area contributed by atoms with E-state index in [0.717, 1.165) is 25.2 Å². The minimum absolute atomic E-state index is 0.200. The molecule has 5 heteroatoms. The molecule has 5 nitrogen and oxygen atoms in total. The van der Waals surface area contributed by atoms with Crippen LogP contribution in [0.3, 0.4) is 0 Å². The highest BCUT2D eigenvalue weighted by Crippen LogP contribution is 2.21. The molecule has 0 saturated carbocycles. The summed E-state index contributed by atoms with van der Waals surface area (Å²) in [6.45, 7) is 7.04. The average Bonchev–Trinajstić information content (AvgIpc) is 2.43. The lowest BCUT2D eigenvalue weighted by Gasteiger charge is -2.30. The molecular formula is C16H26N2O3. The van der Waals surface area contributed by atoms with Crippen LogP contribution in [0.15, 0.2) is 18.2 Å². The van der Waals surface area contributed by atoms with Gasteiger partial charge in [0, 0.05) is 19.1 Å². The van der Waals surface area contributed by atoms with Gasteiger partial charge in [-0.1, -0.05) is 13.0 Å². The van der Waals surface area contributed by atoms with Gasteiger partial charge in [-0.3, -0.25) is 4.90 Å². The lowest BCUT2D eigenvalue weighted by Crippen LogP contribution is -2.39. The second kappa shape index (κ2) is 8.00. The summed E-state index contributed by atoms with van der Waals surface area (Å²) in [4.78, 5) is 15.6. The summed E-state index contributed by atoms with van der Waals surface area (Å²) in [7, 11) is 5.63. The number of hydrogen-bond acceptors (Lipinski definition) is 4. The number of methoxy groups -OCH3 is 1. The summed E-state index contributed by atoms with van der Waals surface area (Å²) < 4.78 is 5.18. The predicted octanol–water partition coefficient (Wildman–Crippen LogP) is 2.17. The zero-order chi connectivity index (χ0) is 16.0. The van der Waals surface area contributed by atoms with Gasteiger partial charge in [0.05, 0.1) is 7.11 Å². The van der Waals surface area contributed by atoms with Crippen molar-refractivity contribution < 1.29 is 14.6 Å². The number of carbonyl (C=O) groups is 1. The summed E-state index contributed by atoms with van der Waals surface area (Å²) in [5.41, 5.74) is 1.26. The van der Waals surface area contributed by atoms with Crippen LogP contribution in [0.25, 0.3) is 0 Å². The van der Waals surface area contributed by atoms with Gasteiger partial charge >= 0.3 is 5.97 Å². The van der Waals surface area contributed by atoms with Crippen molar-refractivity contribution in [1.29, 1.82) is 0 Å². The molecule has 0 aromatic heterocycles. The molecule has 1 atom stereocenters. The molecule has 0 amide bonds. The Bertz CT molecular complexity index is 475. The van der Waals surface area contributed by atoms with Gasteiger partial charge < -0.3 is 14.7 Å². The Hall–Kier alpha value is -1.59. The molecule has 0 saturated heterocycles. The van der Waals surface area contributed by atoms with E-state index in [-0.39, 0.29) is 5.56 Å². The monoisotopic (exact) mass is 294 g/mol. The Balaban J connectivity index is 2.88. The third kappa shape index (κ3) is 5.02. The van der Waals surface area contributed by atoms with Gasteiger partial charge in [0.15, 0.2) is 0 Å². The molecular weight excluding hydrogens is 268 g/mol. The summed E-state index contributed by atoms with van der Waals surface area (Å²) in [5.74, 6) is -0.553. The van der Waals surface area contributed by atoms with Crippen LogP contribution in [-0.4, -0.2) is 61.2 Å². The smallest absolute Gasteiger partial charge is 0.339 e. The van der Waals surface area contributed by atoms with Crippen molar-refractivity contribution in [1.82, 2.24) is 9.80 Å². The molecule has 0 radical (unpaired) electrons. The maximum absolute atomic E-state index is 11.1. The molecule has 0 fully saturated rings. The van der Waals surface area contributed by atoms with Crippen LogP contribution in [0.1, 0.15) is 29.8 Å². The Morgan fingerprint density at radius 1 is 1.38 bits per heavy atom. The Morgan fingerprint density at radius 3 is 2.52 bits per heavy atom. The van der Waals surface area contributed by atoms with Crippen molar-refractivity contribution >= 4 is 5.97 Å². The standard InChI is InChI=1S/C16H26N2O3/c1-6-18(12(2)10-17(3)4)11-13-7-8-14(16(19)20)15(9-13)21-5/h7-9,12H,6,10-11H2,1-5H3,(H,19,20). The number of carboxylic acids is 1. The molecule has 0 aliphatic heterocycles. The van der Waals surface area contributed by atoms with Gasteiger partial charge in [-0.05, 0) is 45.3 Å². The normalized spacial score (nSPS) is 12.7. The van der Waals surface area contributed by atoms with Gasteiger partial charge in [0.2, 0.25) is 0 Å². The number of benzene rings is 1. The molecule has 0 aliphatic rings. The van der Waals surface area contributed by atoms with Crippen molar-refractivity contribution in [3.63, 3.8) is 0 Å². The van der Waals surface area contributed by atoms with Crippen molar-refractivity contribution in [3.8, 4) is 5.75 Å². The zero-order valence-corrected chi connectivity index (χ0v) is 13.6. The van der Waals surface area contributed by atoms with E-state index in [9.17, 15) is 4.79 Å². The first kappa shape index (κ1) is 17.5. The van der Waals surface area contributed by atoms with Crippen LogP contribution in [-0.2, 0) is 6.54 Å². The fourth-order valence-corrected chi connectivity index (χ4v) is 2.47. The minimum Gasteiger partial charge on any atom is -0.496 e. The number of nitrogens with zero attached hydrogens (tertiary/aromatic N) is 2. The highest BCUT2D eigenvalue weighted by Gasteiger charge is 2.16. The van der Waals surface area contributed by atoms with Crippen LogP contribution in [0.2, 0.25) is 0 Å². The van der Waals surface area contributed by atoms with Crippen molar-refractivity contribution in [2.45, 2.75) is 26.4 Å². The highest BCUT2D eigenvalue weighted by molar-refractivity contribution is 5.90. The molecule has 118 valence electrons. The molecule has 0 heterocycles. The van der Waals surface area contributed by atoms with Crippen LogP contribution in [0.5, 0.6) is 5.75 Å². The summed E-state index contributed by atoms with van der Waals surface area (Å²) in [6, 6.07) is 5.71. The third-order valence-electron chi connectivity index (χ3n) is 3.54. The number of aromatic carboxylic acids is 1. The van der Waals surface area contributed by atoms with Gasteiger partial charge in [-0.15, -0.1) is 0 Å². The molecule has 0 aliphatic carbocycles.